The predicted octanol–water partition coefficient (Wildman–Crippen LogP) is 2.54. The van der Waals surface area contributed by atoms with Gasteiger partial charge in [-0.2, -0.15) is 0 Å². The molecule has 0 fully saturated rings. The minimum Gasteiger partial charge on any atom is -0.466 e. The third-order valence-electron chi connectivity index (χ3n) is 1.86. The number of ether oxygens (including phenoxy) is 1. The van der Waals surface area contributed by atoms with Crippen LogP contribution in [0.4, 0.5) is 0 Å². The summed E-state index contributed by atoms with van der Waals surface area (Å²) < 4.78 is 10.2. The maximum atomic E-state index is 5.69. The number of hydrogen-bond acceptors (Lipinski definition) is 4. The standard InChI is InChI=1S/C10H9ClN2O2/c1-14-6-8-4-7(5-15-8)9-2-3-12-10(11)13-9/h2-5H,6H2,1H3. The molecule has 0 aliphatic heterocycles. The van der Waals surface area contributed by atoms with Crippen molar-refractivity contribution in [1.82, 2.24) is 9.97 Å². The zero-order chi connectivity index (χ0) is 10.7. The second kappa shape index (κ2) is 4.42. The summed E-state index contributed by atoms with van der Waals surface area (Å²) in [7, 11) is 1.61. The number of methoxy groups -OCH3 is 1. The smallest absolute Gasteiger partial charge is 0.222 e. The molecule has 0 spiro atoms. The molecule has 0 aromatic carbocycles. The van der Waals surface area contributed by atoms with Crippen molar-refractivity contribution in [2.45, 2.75) is 6.61 Å². The number of furan rings is 1. The fraction of sp³-hybridized carbons (Fsp3) is 0.200. The maximum absolute atomic E-state index is 5.69. The van der Waals surface area contributed by atoms with Gasteiger partial charge in [-0.3, -0.25) is 0 Å². The highest BCUT2D eigenvalue weighted by Gasteiger charge is 2.05. The van der Waals surface area contributed by atoms with Crippen molar-refractivity contribution in [2.24, 2.45) is 0 Å². The van der Waals surface area contributed by atoms with E-state index in [1.165, 1.54) is 0 Å². The van der Waals surface area contributed by atoms with Gasteiger partial charge in [0.25, 0.3) is 0 Å². The lowest BCUT2D eigenvalue weighted by molar-refractivity contribution is 0.164. The highest BCUT2D eigenvalue weighted by Crippen LogP contribution is 2.20. The summed E-state index contributed by atoms with van der Waals surface area (Å²) in [6.07, 6.45) is 3.22. The van der Waals surface area contributed by atoms with E-state index in [2.05, 4.69) is 9.97 Å². The zero-order valence-electron chi connectivity index (χ0n) is 8.11. The zero-order valence-corrected chi connectivity index (χ0v) is 8.86. The molecule has 0 aliphatic carbocycles. The van der Waals surface area contributed by atoms with E-state index in [0.717, 1.165) is 17.0 Å². The third kappa shape index (κ3) is 2.34. The lowest BCUT2D eigenvalue weighted by Gasteiger charge is -1.94. The highest BCUT2D eigenvalue weighted by atomic mass is 35.5. The second-order valence-electron chi connectivity index (χ2n) is 2.95. The van der Waals surface area contributed by atoms with Crippen LogP contribution in [-0.4, -0.2) is 17.1 Å². The molecular formula is C10H9ClN2O2. The fourth-order valence-electron chi connectivity index (χ4n) is 1.23. The van der Waals surface area contributed by atoms with E-state index >= 15 is 0 Å². The predicted molar refractivity (Wildman–Crippen MR) is 55.5 cm³/mol. The maximum Gasteiger partial charge on any atom is 0.222 e. The normalized spacial score (nSPS) is 10.5. The Labute approximate surface area is 91.9 Å². The monoisotopic (exact) mass is 224 g/mol. The van der Waals surface area contributed by atoms with Crippen molar-refractivity contribution in [3.8, 4) is 11.3 Å². The van der Waals surface area contributed by atoms with E-state index in [1.807, 2.05) is 6.07 Å². The number of aromatic nitrogens is 2. The first-order chi connectivity index (χ1) is 7.29. The van der Waals surface area contributed by atoms with Crippen LogP contribution < -0.4 is 0 Å². The Kier molecular flexibility index (Phi) is 2.99. The van der Waals surface area contributed by atoms with Gasteiger partial charge in [-0.05, 0) is 23.7 Å². The van der Waals surface area contributed by atoms with Crippen molar-refractivity contribution in [1.29, 1.82) is 0 Å². The van der Waals surface area contributed by atoms with Gasteiger partial charge in [0.15, 0.2) is 0 Å². The average Bonchev–Trinajstić information content (AvgIpc) is 2.67. The molecule has 78 valence electrons. The summed E-state index contributed by atoms with van der Waals surface area (Å²) in [5.74, 6) is 0.752. The number of hydrogen-bond donors (Lipinski definition) is 0. The molecular weight excluding hydrogens is 216 g/mol. The fourth-order valence-corrected chi connectivity index (χ4v) is 1.38. The summed E-state index contributed by atoms with van der Waals surface area (Å²) in [6.45, 7) is 0.443. The Bertz CT molecular complexity index is 456. The Morgan fingerprint density at radius 1 is 1.53 bits per heavy atom. The first-order valence-corrected chi connectivity index (χ1v) is 4.72. The van der Waals surface area contributed by atoms with Gasteiger partial charge in [-0.25, -0.2) is 9.97 Å². The molecule has 2 aromatic rings. The van der Waals surface area contributed by atoms with Gasteiger partial charge in [0.1, 0.15) is 18.6 Å². The molecule has 2 rings (SSSR count). The van der Waals surface area contributed by atoms with Gasteiger partial charge in [-0.15, -0.1) is 0 Å². The van der Waals surface area contributed by atoms with Gasteiger partial charge in [0.05, 0.1) is 5.69 Å². The van der Waals surface area contributed by atoms with Crippen molar-refractivity contribution in [3.63, 3.8) is 0 Å². The number of nitrogens with zero attached hydrogens (tertiary/aromatic N) is 2. The van der Waals surface area contributed by atoms with Gasteiger partial charge in [-0.1, -0.05) is 0 Å². The molecule has 0 saturated heterocycles. The summed E-state index contributed by atoms with van der Waals surface area (Å²) in [4.78, 5) is 7.88. The molecule has 15 heavy (non-hydrogen) atoms. The molecule has 0 amide bonds. The van der Waals surface area contributed by atoms with E-state index < -0.39 is 0 Å². The molecule has 0 atom stereocenters. The first kappa shape index (κ1) is 10.1. The van der Waals surface area contributed by atoms with Crippen LogP contribution in [0.2, 0.25) is 5.28 Å². The minimum atomic E-state index is 0.224. The van der Waals surface area contributed by atoms with Gasteiger partial charge < -0.3 is 9.15 Å². The summed E-state index contributed by atoms with van der Waals surface area (Å²) in [5.41, 5.74) is 1.60. The van der Waals surface area contributed by atoms with Crippen molar-refractivity contribution < 1.29 is 9.15 Å². The van der Waals surface area contributed by atoms with Crippen LogP contribution in [0.25, 0.3) is 11.3 Å². The topological polar surface area (TPSA) is 48.2 Å². The van der Waals surface area contributed by atoms with Crippen LogP contribution in [0.5, 0.6) is 0 Å². The SMILES string of the molecule is COCc1cc(-c2ccnc(Cl)n2)co1. The lowest BCUT2D eigenvalue weighted by Crippen LogP contribution is -1.85. The molecule has 5 heteroatoms. The van der Waals surface area contributed by atoms with Crippen LogP contribution in [0.15, 0.2) is 29.0 Å². The van der Waals surface area contributed by atoms with Crippen molar-refractivity contribution >= 4 is 11.6 Å². The Morgan fingerprint density at radius 2 is 2.40 bits per heavy atom. The van der Waals surface area contributed by atoms with Gasteiger partial charge in [0, 0.05) is 18.9 Å². The molecule has 0 saturated carbocycles. The first-order valence-electron chi connectivity index (χ1n) is 4.35. The van der Waals surface area contributed by atoms with Gasteiger partial charge in [0.2, 0.25) is 5.28 Å². The minimum absolute atomic E-state index is 0.224. The Balaban J connectivity index is 2.29. The van der Waals surface area contributed by atoms with Crippen molar-refractivity contribution in [3.05, 3.63) is 35.6 Å². The molecule has 0 radical (unpaired) electrons. The molecule has 4 nitrogen and oxygen atoms in total. The molecule has 0 N–H and O–H groups in total. The molecule has 0 aliphatic rings. The second-order valence-corrected chi connectivity index (χ2v) is 3.28. The van der Waals surface area contributed by atoms with Crippen LogP contribution in [0.1, 0.15) is 5.76 Å². The molecule has 0 bridgehead atoms. The Hall–Kier alpha value is -1.39. The van der Waals surface area contributed by atoms with E-state index in [1.54, 1.807) is 25.6 Å². The number of halogens is 1. The highest BCUT2D eigenvalue weighted by molar-refractivity contribution is 6.28. The van der Waals surface area contributed by atoms with Crippen LogP contribution in [0.3, 0.4) is 0 Å². The molecule has 2 aromatic heterocycles. The van der Waals surface area contributed by atoms with Gasteiger partial charge >= 0.3 is 0 Å². The van der Waals surface area contributed by atoms with E-state index in [0.29, 0.717) is 6.61 Å². The quantitative estimate of drug-likeness (QED) is 0.752. The molecule has 0 unspecified atom stereocenters. The van der Waals surface area contributed by atoms with Crippen LogP contribution in [-0.2, 0) is 11.3 Å². The Morgan fingerprint density at radius 3 is 3.13 bits per heavy atom. The summed E-state index contributed by atoms with van der Waals surface area (Å²) in [5, 5.41) is 0.224. The average molecular weight is 225 g/mol. The van der Waals surface area contributed by atoms with E-state index in [9.17, 15) is 0 Å². The van der Waals surface area contributed by atoms with Crippen LogP contribution >= 0.6 is 11.6 Å². The van der Waals surface area contributed by atoms with E-state index in [-0.39, 0.29) is 5.28 Å². The molecule has 2 heterocycles. The number of rotatable bonds is 3. The van der Waals surface area contributed by atoms with Crippen LogP contribution in [0, 0.1) is 0 Å². The largest absolute Gasteiger partial charge is 0.466 e. The summed E-state index contributed by atoms with van der Waals surface area (Å²) >= 11 is 5.69. The lowest BCUT2D eigenvalue weighted by atomic mass is 10.2. The third-order valence-corrected chi connectivity index (χ3v) is 2.04. The van der Waals surface area contributed by atoms with E-state index in [4.69, 9.17) is 20.8 Å². The van der Waals surface area contributed by atoms with Crippen molar-refractivity contribution in [2.75, 3.05) is 7.11 Å². The summed E-state index contributed by atoms with van der Waals surface area (Å²) in [6, 6.07) is 3.63.